The van der Waals surface area contributed by atoms with E-state index in [0.717, 1.165) is 0 Å². The lowest BCUT2D eigenvalue weighted by Crippen LogP contribution is -2.12. The standard InChI is InChI=1S/C9H15N3O3/c1-6(2)8-7(9(13)14)10-11-12(8)4-5-15-3/h6H,4-5H2,1-3H3,(H,13,14). The lowest BCUT2D eigenvalue weighted by Gasteiger charge is -2.08. The van der Waals surface area contributed by atoms with Crippen molar-refractivity contribution in [3.05, 3.63) is 11.4 Å². The van der Waals surface area contributed by atoms with Crippen LogP contribution in [0.2, 0.25) is 0 Å². The van der Waals surface area contributed by atoms with Crippen molar-refractivity contribution in [2.24, 2.45) is 0 Å². The predicted molar refractivity (Wildman–Crippen MR) is 52.9 cm³/mol. The van der Waals surface area contributed by atoms with Gasteiger partial charge in [0.15, 0.2) is 5.69 Å². The van der Waals surface area contributed by atoms with Gasteiger partial charge >= 0.3 is 5.97 Å². The van der Waals surface area contributed by atoms with Crippen LogP contribution < -0.4 is 0 Å². The maximum atomic E-state index is 10.9. The van der Waals surface area contributed by atoms with Gasteiger partial charge in [-0.15, -0.1) is 5.10 Å². The van der Waals surface area contributed by atoms with E-state index >= 15 is 0 Å². The number of aromatic carboxylic acids is 1. The summed E-state index contributed by atoms with van der Waals surface area (Å²) in [5, 5.41) is 16.4. The normalized spacial score (nSPS) is 10.9. The van der Waals surface area contributed by atoms with Gasteiger partial charge in [-0.2, -0.15) is 0 Å². The minimum atomic E-state index is -1.04. The molecular weight excluding hydrogens is 198 g/mol. The van der Waals surface area contributed by atoms with Gasteiger partial charge in [0.2, 0.25) is 0 Å². The summed E-state index contributed by atoms with van der Waals surface area (Å²) >= 11 is 0. The van der Waals surface area contributed by atoms with Crippen molar-refractivity contribution < 1.29 is 14.6 Å². The highest BCUT2D eigenvalue weighted by atomic mass is 16.5. The lowest BCUT2D eigenvalue weighted by atomic mass is 10.1. The monoisotopic (exact) mass is 213 g/mol. The molecule has 6 heteroatoms. The zero-order chi connectivity index (χ0) is 11.4. The minimum Gasteiger partial charge on any atom is -0.476 e. The van der Waals surface area contributed by atoms with Crippen molar-refractivity contribution in [1.82, 2.24) is 15.0 Å². The molecule has 0 saturated heterocycles. The van der Waals surface area contributed by atoms with E-state index in [4.69, 9.17) is 9.84 Å². The summed E-state index contributed by atoms with van der Waals surface area (Å²) in [6.45, 7) is 4.83. The molecule has 15 heavy (non-hydrogen) atoms. The van der Waals surface area contributed by atoms with Crippen molar-refractivity contribution in [2.75, 3.05) is 13.7 Å². The van der Waals surface area contributed by atoms with E-state index in [1.165, 1.54) is 0 Å². The molecule has 0 amide bonds. The molecule has 0 aliphatic rings. The summed E-state index contributed by atoms with van der Waals surface area (Å²) in [6.07, 6.45) is 0. The highest BCUT2D eigenvalue weighted by Crippen LogP contribution is 2.17. The second kappa shape index (κ2) is 4.88. The number of ether oxygens (including phenoxy) is 1. The van der Waals surface area contributed by atoms with E-state index < -0.39 is 5.97 Å². The van der Waals surface area contributed by atoms with Crippen molar-refractivity contribution in [1.29, 1.82) is 0 Å². The lowest BCUT2D eigenvalue weighted by molar-refractivity contribution is 0.0688. The predicted octanol–water partition coefficient (Wildman–Crippen LogP) is 0.746. The highest BCUT2D eigenvalue weighted by Gasteiger charge is 2.20. The molecule has 0 aliphatic heterocycles. The van der Waals surface area contributed by atoms with Gasteiger partial charge in [-0.3, -0.25) is 0 Å². The summed E-state index contributed by atoms with van der Waals surface area (Å²) in [4.78, 5) is 10.9. The SMILES string of the molecule is COCCn1nnc(C(=O)O)c1C(C)C. The number of hydrogen-bond donors (Lipinski definition) is 1. The molecule has 0 radical (unpaired) electrons. The van der Waals surface area contributed by atoms with Crippen LogP contribution in [-0.4, -0.2) is 39.8 Å². The number of aromatic nitrogens is 3. The molecule has 1 aromatic heterocycles. The first-order valence-electron chi connectivity index (χ1n) is 4.73. The molecule has 0 spiro atoms. The van der Waals surface area contributed by atoms with Crippen LogP contribution in [-0.2, 0) is 11.3 Å². The Bertz CT molecular complexity index is 346. The molecule has 0 atom stereocenters. The molecule has 0 bridgehead atoms. The van der Waals surface area contributed by atoms with Crippen LogP contribution in [0.1, 0.15) is 35.9 Å². The third kappa shape index (κ3) is 2.53. The third-order valence-corrected chi connectivity index (χ3v) is 2.03. The molecule has 1 heterocycles. The van der Waals surface area contributed by atoms with Gasteiger partial charge in [-0.05, 0) is 5.92 Å². The number of carboxylic acid groups (broad SMARTS) is 1. The van der Waals surface area contributed by atoms with Crippen LogP contribution in [0.15, 0.2) is 0 Å². The molecule has 0 unspecified atom stereocenters. The molecule has 1 N–H and O–H groups in total. The van der Waals surface area contributed by atoms with Crippen molar-refractivity contribution in [3.63, 3.8) is 0 Å². The Hall–Kier alpha value is -1.43. The Kier molecular flexibility index (Phi) is 3.79. The van der Waals surface area contributed by atoms with E-state index in [1.807, 2.05) is 13.8 Å². The zero-order valence-electron chi connectivity index (χ0n) is 9.10. The maximum Gasteiger partial charge on any atom is 0.358 e. The molecule has 0 fully saturated rings. The fourth-order valence-electron chi connectivity index (χ4n) is 1.39. The molecule has 6 nitrogen and oxygen atoms in total. The van der Waals surface area contributed by atoms with Crippen LogP contribution in [0.5, 0.6) is 0 Å². The number of carboxylic acids is 1. The zero-order valence-corrected chi connectivity index (χ0v) is 9.10. The van der Waals surface area contributed by atoms with Gasteiger partial charge in [0.1, 0.15) is 0 Å². The summed E-state index contributed by atoms with van der Waals surface area (Å²) in [7, 11) is 1.59. The second-order valence-electron chi connectivity index (χ2n) is 3.50. The molecule has 0 saturated carbocycles. The Morgan fingerprint density at radius 1 is 1.60 bits per heavy atom. The van der Waals surface area contributed by atoms with Gasteiger partial charge in [0.25, 0.3) is 0 Å². The topological polar surface area (TPSA) is 77.2 Å². The molecule has 1 rings (SSSR count). The quantitative estimate of drug-likeness (QED) is 0.780. The summed E-state index contributed by atoms with van der Waals surface area (Å²) in [6, 6.07) is 0. The first kappa shape index (κ1) is 11.6. The van der Waals surface area contributed by atoms with Crippen molar-refractivity contribution in [3.8, 4) is 0 Å². The number of rotatable bonds is 5. The van der Waals surface area contributed by atoms with Crippen molar-refractivity contribution >= 4 is 5.97 Å². The molecule has 0 aliphatic carbocycles. The van der Waals surface area contributed by atoms with E-state index in [9.17, 15) is 4.79 Å². The maximum absolute atomic E-state index is 10.9. The van der Waals surface area contributed by atoms with Crippen LogP contribution in [0.3, 0.4) is 0 Å². The average molecular weight is 213 g/mol. The summed E-state index contributed by atoms with van der Waals surface area (Å²) in [5.74, 6) is -0.967. The van der Waals surface area contributed by atoms with Crippen LogP contribution >= 0.6 is 0 Å². The van der Waals surface area contributed by atoms with Gasteiger partial charge in [0.05, 0.1) is 18.8 Å². The van der Waals surface area contributed by atoms with Crippen molar-refractivity contribution in [2.45, 2.75) is 26.3 Å². The van der Waals surface area contributed by atoms with E-state index in [2.05, 4.69) is 10.3 Å². The first-order chi connectivity index (χ1) is 7.07. The van der Waals surface area contributed by atoms with Gasteiger partial charge in [-0.25, -0.2) is 9.48 Å². The van der Waals surface area contributed by atoms with Crippen LogP contribution in [0.4, 0.5) is 0 Å². The average Bonchev–Trinajstić information content (AvgIpc) is 2.58. The Balaban J connectivity index is 3.01. The van der Waals surface area contributed by atoms with Gasteiger partial charge in [-0.1, -0.05) is 19.1 Å². The van der Waals surface area contributed by atoms with Crippen LogP contribution in [0, 0.1) is 0 Å². The second-order valence-corrected chi connectivity index (χ2v) is 3.50. The molecular formula is C9H15N3O3. The van der Waals surface area contributed by atoms with E-state index in [0.29, 0.717) is 18.8 Å². The minimum absolute atomic E-state index is 0.0288. The van der Waals surface area contributed by atoms with Crippen LogP contribution in [0.25, 0.3) is 0 Å². The highest BCUT2D eigenvalue weighted by molar-refractivity contribution is 5.86. The fraction of sp³-hybridized carbons (Fsp3) is 0.667. The number of carbonyl (C=O) groups is 1. The Morgan fingerprint density at radius 3 is 2.73 bits per heavy atom. The smallest absolute Gasteiger partial charge is 0.358 e. The molecule has 0 aromatic carbocycles. The van der Waals surface area contributed by atoms with Gasteiger partial charge < -0.3 is 9.84 Å². The van der Waals surface area contributed by atoms with Gasteiger partial charge in [0, 0.05) is 7.11 Å². The molecule has 1 aromatic rings. The van der Waals surface area contributed by atoms with E-state index in [1.54, 1.807) is 11.8 Å². The third-order valence-electron chi connectivity index (χ3n) is 2.03. The Labute approximate surface area is 87.9 Å². The largest absolute Gasteiger partial charge is 0.476 e. The number of methoxy groups -OCH3 is 1. The summed E-state index contributed by atoms with van der Waals surface area (Å²) in [5.41, 5.74) is 0.667. The summed E-state index contributed by atoms with van der Waals surface area (Å²) < 4.78 is 6.50. The fourth-order valence-corrected chi connectivity index (χ4v) is 1.39. The van der Waals surface area contributed by atoms with E-state index in [-0.39, 0.29) is 11.6 Å². The number of hydrogen-bond acceptors (Lipinski definition) is 4. The molecule has 84 valence electrons. The Morgan fingerprint density at radius 2 is 2.27 bits per heavy atom. The first-order valence-corrected chi connectivity index (χ1v) is 4.73. The number of nitrogens with zero attached hydrogens (tertiary/aromatic N) is 3.